The molecule has 1 aliphatic heterocycles. The summed E-state index contributed by atoms with van der Waals surface area (Å²) in [6.07, 6.45) is 1.63. The van der Waals surface area contributed by atoms with E-state index in [-0.39, 0.29) is 0 Å². The summed E-state index contributed by atoms with van der Waals surface area (Å²) >= 11 is 12.1. The monoisotopic (exact) mass is 325 g/mol. The molecule has 0 radical (unpaired) electrons. The van der Waals surface area contributed by atoms with Gasteiger partial charge in [0.1, 0.15) is 0 Å². The number of hydrogen-bond donors (Lipinski definition) is 1. The van der Waals surface area contributed by atoms with Gasteiger partial charge in [-0.05, 0) is 18.2 Å². The van der Waals surface area contributed by atoms with Crippen LogP contribution >= 0.6 is 23.2 Å². The predicted molar refractivity (Wildman–Crippen MR) is 82.6 cm³/mol. The topological polar surface area (TPSA) is 63.2 Å². The zero-order chi connectivity index (χ0) is 14.7. The summed E-state index contributed by atoms with van der Waals surface area (Å²) in [7, 11) is 0. The maximum Gasteiger partial charge on any atom is 0.249 e. The Labute approximate surface area is 132 Å². The molecule has 3 rings (SSSR count). The molecule has 0 saturated carbocycles. The molecule has 1 aromatic carbocycles. The second-order valence-electron chi connectivity index (χ2n) is 4.49. The number of hydrogen-bond acceptors (Lipinski definition) is 6. The van der Waals surface area contributed by atoms with Crippen molar-refractivity contribution in [3.63, 3.8) is 0 Å². The minimum atomic E-state index is 0.378. The van der Waals surface area contributed by atoms with Crippen LogP contribution in [0.25, 0.3) is 0 Å². The molecule has 2 aromatic rings. The van der Waals surface area contributed by atoms with Gasteiger partial charge in [-0.25, -0.2) is 0 Å². The maximum atomic E-state index is 6.11. The van der Waals surface area contributed by atoms with Crippen LogP contribution in [0.1, 0.15) is 0 Å². The van der Waals surface area contributed by atoms with E-state index in [0.29, 0.717) is 34.9 Å². The molecule has 21 heavy (non-hydrogen) atoms. The lowest BCUT2D eigenvalue weighted by molar-refractivity contribution is 0.122. The molecule has 1 aromatic heterocycles. The zero-order valence-corrected chi connectivity index (χ0v) is 12.6. The average Bonchev–Trinajstić information content (AvgIpc) is 2.52. The molecule has 0 bridgehead atoms. The number of benzene rings is 1. The molecule has 0 aliphatic carbocycles. The van der Waals surface area contributed by atoms with Gasteiger partial charge in [-0.15, -0.1) is 5.10 Å². The van der Waals surface area contributed by atoms with Gasteiger partial charge in [0.05, 0.1) is 30.1 Å². The van der Waals surface area contributed by atoms with Crippen LogP contribution < -0.4 is 10.2 Å². The van der Waals surface area contributed by atoms with Gasteiger partial charge in [0.2, 0.25) is 5.95 Å². The van der Waals surface area contributed by atoms with Crippen LogP contribution in [0.4, 0.5) is 17.5 Å². The fourth-order valence-electron chi connectivity index (χ4n) is 2.01. The van der Waals surface area contributed by atoms with Crippen molar-refractivity contribution in [3.05, 3.63) is 34.4 Å². The third kappa shape index (κ3) is 3.53. The second kappa shape index (κ2) is 6.43. The maximum absolute atomic E-state index is 6.11. The second-order valence-corrected chi connectivity index (χ2v) is 5.33. The Hall–Kier alpha value is -1.63. The van der Waals surface area contributed by atoms with Gasteiger partial charge in [0, 0.05) is 18.1 Å². The molecule has 0 spiro atoms. The molecule has 6 nitrogen and oxygen atoms in total. The van der Waals surface area contributed by atoms with Crippen molar-refractivity contribution in [3.8, 4) is 0 Å². The highest BCUT2D eigenvalue weighted by atomic mass is 35.5. The Morgan fingerprint density at radius 3 is 2.81 bits per heavy atom. The molecule has 0 amide bonds. The van der Waals surface area contributed by atoms with Crippen LogP contribution in [0.3, 0.4) is 0 Å². The summed E-state index contributed by atoms with van der Waals surface area (Å²) in [4.78, 5) is 6.55. The normalized spacial score (nSPS) is 15.0. The number of anilines is 3. The Bertz CT molecular complexity index is 634. The Morgan fingerprint density at radius 2 is 2.00 bits per heavy atom. The van der Waals surface area contributed by atoms with Crippen LogP contribution in [0.2, 0.25) is 10.0 Å². The molecule has 2 heterocycles. The lowest BCUT2D eigenvalue weighted by Crippen LogP contribution is -2.37. The predicted octanol–water partition coefficient (Wildman–Crippen LogP) is 2.76. The molecule has 1 aliphatic rings. The Kier molecular flexibility index (Phi) is 4.38. The zero-order valence-electron chi connectivity index (χ0n) is 11.1. The number of ether oxygens (including phenoxy) is 1. The minimum absolute atomic E-state index is 0.378. The molecule has 1 fully saturated rings. The van der Waals surface area contributed by atoms with Crippen LogP contribution in [0.15, 0.2) is 24.4 Å². The molecular formula is C13H13Cl2N5O. The van der Waals surface area contributed by atoms with E-state index in [9.17, 15) is 0 Å². The van der Waals surface area contributed by atoms with Crippen LogP contribution in [0.5, 0.6) is 0 Å². The van der Waals surface area contributed by atoms with Crippen molar-refractivity contribution < 1.29 is 4.74 Å². The first-order valence-corrected chi connectivity index (χ1v) is 7.22. The molecule has 0 unspecified atom stereocenters. The molecule has 0 atom stereocenters. The first kappa shape index (κ1) is 14.3. The first-order chi connectivity index (χ1) is 10.2. The number of halogens is 2. The summed E-state index contributed by atoms with van der Waals surface area (Å²) in [6.45, 7) is 2.95. The Balaban J connectivity index is 1.81. The smallest absolute Gasteiger partial charge is 0.249 e. The van der Waals surface area contributed by atoms with Gasteiger partial charge in [0.15, 0.2) is 5.82 Å². The first-order valence-electron chi connectivity index (χ1n) is 6.47. The van der Waals surface area contributed by atoms with Crippen molar-refractivity contribution in [1.82, 2.24) is 15.2 Å². The van der Waals surface area contributed by atoms with Crippen LogP contribution in [-0.4, -0.2) is 41.5 Å². The standard InChI is InChI=1S/C13H13Cl2N5O/c14-9-1-2-10(15)11(7-9)17-13-18-12(8-16-19-13)20-3-5-21-6-4-20/h1-2,7-8H,3-6H2,(H,17,18,19). The van der Waals surface area contributed by atoms with Gasteiger partial charge in [-0.1, -0.05) is 23.2 Å². The van der Waals surface area contributed by atoms with Gasteiger partial charge >= 0.3 is 0 Å². The third-order valence-corrected chi connectivity index (χ3v) is 3.62. The summed E-state index contributed by atoms with van der Waals surface area (Å²) in [5.74, 6) is 1.14. The number of morpholine rings is 1. The molecule has 110 valence electrons. The van der Waals surface area contributed by atoms with Gasteiger partial charge < -0.3 is 15.0 Å². The highest BCUT2D eigenvalue weighted by molar-refractivity contribution is 6.35. The van der Waals surface area contributed by atoms with E-state index in [0.717, 1.165) is 18.9 Å². The van der Waals surface area contributed by atoms with E-state index in [1.165, 1.54) is 0 Å². The largest absolute Gasteiger partial charge is 0.378 e. The Morgan fingerprint density at radius 1 is 1.19 bits per heavy atom. The van der Waals surface area contributed by atoms with Crippen molar-refractivity contribution >= 4 is 40.7 Å². The molecule has 8 heteroatoms. The molecule has 1 saturated heterocycles. The molecular weight excluding hydrogens is 313 g/mol. The van der Waals surface area contributed by atoms with E-state index in [4.69, 9.17) is 27.9 Å². The third-order valence-electron chi connectivity index (χ3n) is 3.06. The number of nitrogens with zero attached hydrogens (tertiary/aromatic N) is 4. The summed E-state index contributed by atoms with van der Waals surface area (Å²) < 4.78 is 5.32. The van der Waals surface area contributed by atoms with Gasteiger partial charge in [-0.3, -0.25) is 0 Å². The highest BCUT2D eigenvalue weighted by Gasteiger charge is 2.14. The van der Waals surface area contributed by atoms with E-state index in [1.807, 2.05) is 0 Å². The van der Waals surface area contributed by atoms with E-state index < -0.39 is 0 Å². The summed E-state index contributed by atoms with van der Waals surface area (Å²) in [5.41, 5.74) is 0.644. The summed E-state index contributed by atoms with van der Waals surface area (Å²) in [5, 5.41) is 12.1. The van der Waals surface area contributed by atoms with Crippen molar-refractivity contribution in [1.29, 1.82) is 0 Å². The SMILES string of the molecule is Clc1ccc(Cl)c(Nc2nncc(N3CCOCC3)n2)c1. The quantitative estimate of drug-likeness (QED) is 0.936. The minimum Gasteiger partial charge on any atom is -0.378 e. The van der Waals surface area contributed by atoms with Crippen molar-refractivity contribution in [2.45, 2.75) is 0 Å². The summed E-state index contributed by atoms with van der Waals surface area (Å²) in [6, 6.07) is 5.15. The van der Waals surface area contributed by atoms with E-state index in [1.54, 1.807) is 24.4 Å². The fraction of sp³-hybridized carbons (Fsp3) is 0.308. The van der Waals surface area contributed by atoms with E-state index >= 15 is 0 Å². The van der Waals surface area contributed by atoms with E-state index in [2.05, 4.69) is 25.4 Å². The number of nitrogens with one attached hydrogen (secondary N) is 1. The average molecular weight is 326 g/mol. The highest BCUT2D eigenvalue weighted by Crippen LogP contribution is 2.27. The molecule has 1 N–H and O–H groups in total. The van der Waals surface area contributed by atoms with Crippen LogP contribution in [0, 0.1) is 0 Å². The van der Waals surface area contributed by atoms with Crippen molar-refractivity contribution in [2.75, 3.05) is 36.5 Å². The van der Waals surface area contributed by atoms with Crippen molar-refractivity contribution in [2.24, 2.45) is 0 Å². The van der Waals surface area contributed by atoms with Crippen LogP contribution in [-0.2, 0) is 4.74 Å². The van der Waals surface area contributed by atoms with Gasteiger partial charge in [-0.2, -0.15) is 10.1 Å². The fourth-order valence-corrected chi connectivity index (χ4v) is 2.34. The van der Waals surface area contributed by atoms with Gasteiger partial charge in [0.25, 0.3) is 0 Å². The lowest BCUT2D eigenvalue weighted by atomic mass is 10.3. The lowest BCUT2D eigenvalue weighted by Gasteiger charge is -2.27. The number of rotatable bonds is 3. The number of aromatic nitrogens is 3.